The lowest BCUT2D eigenvalue weighted by atomic mass is 9.77. The maximum Gasteiger partial charge on any atom is 0.269 e. The van der Waals surface area contributed by atoms with Crippen molar-refractivity contribution >= 4 is 23.0 Å². The Morgan fingerprint density at radius 1 is 1.29 bits per heavy atom. The van der Waals surface area contributed by atoms with E-state index in [0.717, 1.165) is 17.7 Å². The number of nitro benzene ring substituents is 1. The van der Waals surface area contributed by atoms with Gasteiger partial charge in [0.2, 0.25) is 0 Å². The van der Waals surface area contributed by atoms with Crippen molar-refractivity contribution in [2.24, 2.45) is 5.92 Å². The summed E-state index contributed by atoms with van der Waals surface area (Å²) in [6.45, 7) is 0. The van der Waals surface area contributed by atoms with Crippen LogP contribution in [0.3, 0.4) is 0 Å². The molecule has 1 heterocycles. The van der Waals surface area contributed by atoms with E-state index in [1.54, 1.807) is 24.3 Å². The Bertz CT molecular complexity index is 848. The maximum atomic E-state index is 14.4. The van der Waals surface area contributed by atoms with E-state index in [2.05, 4.69) is 11.4 Å². The molecular weight excluding hydrogens is 331 g/mol. The molecule has 0 saturated heterocycles. The van der Waals surface area contributed by atoms with Crippen LogP contribution in [0.1, 0.15) is 29.5 Å². The number of rotatable bonds is 2. The van der Waals surface area contributed by atoms with Crippen molar-refractivity contribution in [2.75, 3.05) is 5.32 Å². The first-order valence-corrected chi connectivity index (χ1v) is 8.09. The third-order valence-corrected chi connectivity index (χ3v) is 5.20. The van der Waals surface area contributed by atoms with Crippen LogP contribution in [0.2, 0.25) is 5.02 Å². The fraction of sp³-hybridized carbons (Fsp3) is 0.222. The summed E-state index contributed by atoms with van der Waals surface area (Å²) < 4.78 is 14.4. The molecule has 122 valence electrons. The van der Waals surface area contributed by atoms with Gasteiger partial charge in [-0.25, -0.2) is 4.39 Å². The minimum Gasteiger partial charge on any atom is -0.377 e. The molecule has 1 N–H and O–H groups in total. The van der Waals surface area contributed by atoms with E-state index in [0.29, 0.717) is 10.6 Å². The molecule has 0 spiro atoms. The molecule has 0 unspecified atom stereocenters. The number of hydrogen-bond acceptors (Lipinski definition) is 3. The lowest BCUT2D eigenvalue weighted by molar-refractivity contribution is -0.384. The predicted molar refractivity (Wildman–Crippen MR) is 90.9 cm³/mol. The molecule has 2 aromatic carbocycles. The minimum atomic E-state index is -0.395. The molecule has 2 aliphatic rings. The summed E-state index contributed by atoms with van der Waals surface area (Å²) in [6, 6.07) is 9.17. The van der Waals surface area contributed by atoms with Gasteiger partial charge in [-0.1, -0.05) is 29.8 Å². The average Bonchev–Trinajstić information content (AvgIpc) is 3.04. The molecular formula is C18H14ClFN2O2. The van der Waals surface area contributed by atoms with Crippen molar-refractivity contribution in [3.63, 3.8) is 0 Å². The minimum absolute atomic E-state index is 0.0156. The van der Waals surface area contributed by atoms with E-state index in [-0.39, 0.29) is 29.4 Å². The number of benzene rings is 2. The Hall–Kier alpha value is -2.40. The topological polar surface area (TPSA) is 55.2 Å². The number of halogens is 2. The van der Waals surface area contributed by atoms with Gasteiger partial charge in [0.05, 0.1) is 11.0 Å². The number of hydrogen-bond donors (Lipinski definition) is 1. The molecule has 6 heteroatoms. The number of nitro groups is 1. The summed E-state index contributed by atoms with van der Waals surface area (Å²) in [5.74, 6) is -0.244. The average molecular weight is 345 g/mol. The van der Waals surface area contributed by atoms with Gasteiger partial charge >= 0.3 is 0 Å². The van der Waals surface area contributed by atoms with Gasteiger partial charge in [-0.3, -0.25) is 10.1 Å². The smallest absolute Gasteiger partial charge is 0.269 e. The number of nitrogens with zero attached hydrogens (tertiary/aromatic N) is 1. The molecule has 4 nitrogen and oxygen atoms in total. The van der Waals surface area contributed by atoms with Crippen LogP contribution in [0, 0.1) is 21.8 Å². The van der Waals surface area contributed by atoms with Crippen LogP contribution in [-0.4, -0.2) is 4.92 Å². The predicted octanol–water partition coefficient (Wildman–Crippen LogP) is 5.21. The first kappa shape index (κ1) is 15.1. The van der Waals surface area contributed by atoms with E-state index in [1.165, 1.54) is 12.1 Å². The SMILES string of the molecule is O=[N+]([O-])c1ccc2c(c1)[C@@H]1C=CC[C@@H]1[C@H](c1c(F)cccc1Cl)N2. The third-order valence-electron chi connectivity index (χ3n) is 4.87. The lowest BCUT2D eigenvalue weighted by Crippen LogP contribution is -2.30. The van der Waals surface area contributed by atoms with E-state index < -0.39 is 4.92 Å². The molecule has 2 aromatic rings. The zero-order valence-corrected chi connectivity index (χ0v) is 13.3. The Kier molecular flexibility index (Phi) is 3.53. The highest BCUT2D eigenvalue weighted by Crippen LogP contribution is 2.51. The van der Waals surface area contributed by atoms with Gasteiger partial charge in [-0.2, -0.15) is 0 Å². The van der Waals surface area contributed by atoms with Crippen molar-refractivity contribution < 1.29 is 9.31 Å². The van der Waals surface area contributed by atoms with Crippen LogP contribution in [-0.2, 0) is 0 Å². The molecule has 4 rings (SSSR count). The van der Waals surface area contributed by atoms with Crippen molar-refractivity contribution in [1.82, 2.24) is 0 Å². The fourth-order valence-corrected chi connectivity index (χ4v) is 4.07. The molecule has 1 aliphatic carbocycles. The van der Waals surface area contributed by atoms with Crippen LogP contribution in [0.5, 0.6) is 0 Å². The Morgan fingerprint density at radius 3 is 2.88 bits per heavy atom. The van der Waals surface area contributed by atoms with Crippen molar-refractivity contribution in [3.8, 4) is 0 Å². The second kappa shape index (κ2) is 5.60. The molecule has 24 heavy (non-hydrogen) atoms. The maximum absolute atomic E-state index is 14.4. The van der Waals surface area contributed by atoms with Crippen LogP contribution in [0.4, 0.5) is 15.8 Å². The van der Waals surface area contributed by atoms with Gasteiger partial charge in [-0.15, -0.1) is 0 Å². The number of allylic oxidation sites excluding steroid dienone is 2. The zero-order chi connectivity index (χ0) is 16.8. The van der Waals surface area contributed by atoms with Crippen LogP contribution < -0.4 is 5.32 Å². The van der Waals surface area contributed by atoms with Crippen LogP contribution in [0.15, 0.2) is 48.6 Å². The molecule has 0 amide bonds. The molecule has 1 aliphatic heterocycles. The van der Waals surface area contributed by atoms with Gasteiger partial charge in [-0.05, 0) is 36.1 Å². The molecule has 0 fully saturated rings. The summed E-state index contributed by atoms with van der Waals surface area (Å²) in [5.41, 5.74) is 2.20. The van der Waals surface area contributed by atoms with Crippen molar-refractivity contribution in [2.45, 2.75) is 18.4 Å². The van der Waals surface area contributed by atoms with E-state index in [4.69, 9.17) is 11.6 Å². The first-order chi connectivity index (χ1) is 11.6. The molecule has 3 atom stereocenters. The Labute approximate surface area is 143 Å². The molecule has 0 bridgehead atoms. The van der Waals surface area contributed by atoms with Gasteiger partial charge in [0.25, 0.3) is 5.69 Å². The van der Waals surface area contributed by atoms with E-state index >= 15 is 0 Å². The summed E-state index contributed by atoms with van der Waals surface area (Å²) >= 11 is 6.26. The summed E-state index contributed by atoms with van der Waals surface area (Å²) in [4.78, 5) is 10.7. The second-order valence-corrected chi connectivity index (χ2v) is 6.55. The van der Waals surface area contributed by atoms with Crippen LogP contribution in [0.25, 0.3) is 0 Å². The van der Waals surface area contributed by atoms with E-state index in [1.807, 2.05) is 6.08 Å². The number of anilines is 1. The van der Waals surface area contributed by atoms with Gasteiger partial charge < -0.3 is 5.32 Å². The third kappa shape index (κ3) is 2.27. The number of nitrogens with one attached hydrogen (secondary N) is 1. The quantitative estimate of drug-likeness (QED) is 0.462. The standard InChI is InChI=1S/C18H14ClFN2O2/c19-14-5-2-6-15(20)17(14)18-12-4-1-3-11(12)13-9-10(22(23)24)7-8-16(13)21-18/h1-3,5-9,11-12,18,21H,4H2/t11-,12+,18-/m1/s1. The summed E-state index contributed by atoms with van der Waals surface area (Å²) in [7, 11) is 0. The fourth-order valence-electron chi connectivity index (χ4n) is 3.79. The highest BCUT2D eigenvalue weighted by Gasteiger charge is 2.40. The van der Waals surface area contributed by atoms with Crippen molar-refractivity contribution in [3.05, 3.63) is 80.6 Å². The molecule has 0 radical (unpaired) electrons. The lowest BCUT2D eigenvalue weighted by Gasteiger charge is -2.37. The Morgan fingerprint density at radius 2 is 2.12 bits per heavy atom. The zero-order valence-electron chi connectivity index (χ0n) is 12.6. The second-order valence-electron chi connectivity index (χ2n) is 6.14. The Balaban J connectivity index is 1.83. The highest BCUT2D eigenvalue weighted by molar-refractivity contribution is 6.31. The molecule has 0 saturated carbocycles. The van der Waals surface area contributed by atoms with Gasteiger partial charge in [0.15, 0.2) is 0 Å². The molecule has 0 aromatic heterocycles. The van der Waals surface area contributed by atoms with Crippen molar-refractivity contribution in [1.29, 1.82) is 0 Å². The largest absolute Gasteiger partial charge is 0.377 e. The number of fused-ring (bicyclic) bond motifs is 3. The van der Waals surface area contributed by atoms with Crippen LogP contribution >= 0.6 is 11.6 Å². The first-order valence-electron chi connectivity index (χ1n) is 7.71. The summed E-state index contributed by atoms with van der Waals surface area (Å²) in [6.07, 6.45) is 4.87. The normalized spacial score (nSPS) is 24.2. The van der Waals surface area contributed by atoms with E-state index in [9.17, 15) is 14.5 Å². The monoisotopic (exact) mass is 344 g/mol. The highest BCUT2D eigenvalue weighted by atomic mass is 35.5. The summed E-state index contributed by atoms with van der Waals surface area (Å²) in [5, 5.41) is 14.8. The van der Waals surface area contributed by atoms with Gasteiger partial charge in [0, 0.05) is 34.3 Å². The van der Waals surface area contributed by atoms with Gasteiger partial charge in [0.1, 0.15) is 5.82 Å². The number of non-ortho nitro benzene ring substituents is 1.